The highest BCUT2D eigenvalue weighted by molar-refractivity contribution is 5.95. The van der Waals surface area contributed by atoms with Crippen molar-refractivity contribution in [3.05, 3.63) is 76.9 Å². The van der Waals surface area contributed by atoms with Gasteiger partial charge in [0.25, 0.3) is 5.91 Å². The van der Waals surface area contributed by atoms with Gasteiger partial charge >= 0.3 is 5.97 Å². The minimum Gasteiger partial charge on any atom is -0.493 e. The molecule has 0 aromatic heterocycles. The number of hydrogen-bond acceptors (Lipinski definition) is 8. The van der Waals surface area contributed by atoms with Gasteiger partial charge in [0.15, 0.2) is 0 Å². The van der Waals surface area contributed by atoms with Gasteiger partial charge in [-0.1, -0.05) is 65.0 Å². The van der Waals surface area contributed by atoms with Crippen molar-refractivity contribution < 1.29 is 29.0 Å². The van der Waals surface area contributed by atoms with Crippen molar-refractivity contribution in [2.75, 3.05) is 54.5 Å². The second-order valence-corrected chi connectivity index (χ2v) is 22.9. The first-order valence-corrected chi connectivity index (χ1v) is 24.9. The number of aliphatic hydroxyl groups excluding tert-OH is 1. The average molecular weight is 895 g/mol. The van der Waals surface area contributed by atoms with Gasteiger partial charge in [0.05, 0.1) is 25.2 Å². The topological polar surface area (TPSA) is 120 Å². The number of esters is 1. The molecule has 5 aliphatic rings. The summed E-state index contributed by atoms with van der Waals surface area (Å²) in [6.07, 6.45) is 11.2. The molecule has 10 nitrogen and oxygen atoms in total. The Balaban J connectivity index is 0.994. The van der Waals surface area contributed by atoms with Gasteiger partial charge in [-0.3, -0.25) is 9.59 Å². The fourth-order valence-electron chi connectivity index (χ4n) is 15.1. The number of nitrogens with zero attached hydrogens (tertiary/aromatic N) is 2. The summed E-state index contributed by atoms with van der Waals surface area (Å²) in [5, 5.41) is 17.6. The number of nitrogens with one attached hydrogen (secondary N) is 2. The Hall–Kier alpha value is -3.73. The van der Waals surface area contributed by atoms with Gasteiger partial charge in [-0.05, 0) is 185 Å². The van der Waals surface area contributed by atoms with Crippen LogP contribution in [0, 0.1) is 56.7 Å². The van der Waals surface area contributed by atoms with E-state index in [0.29, 0.717) is 53.7 Å². The molecule has 7 rings (SSSR count). The van der Waals surface area contributed by atoms with E-state index in [-0.39, 0.29) is 52.0 Å². The number of fused-ring (bicyclic) bond motifs is 7. The number of methoxy groups -OCH3 is 1. The SMILES string of the molecule is C=C(C)[C@@H]1CC[C@]2(C(=O)NCc3cccc(C(=O)NCc4ccc(OCCCN(C)CCN(C)C)c(C(=O)OC)c4)c3)CC[C@]3(C)C(CCC4[C@@]5(C)CC[C@H](O)C(C)(C)C5CC[C@]43C)C12. The normalized spacial score (nSPS) is 33.6. The lowest BCUT2D eigenvalue weighted by molar-refractivity contribution is -0.246. The molecule has 0 heterocycles. The molecule has 65 heavy (non-hydrogen) atoms. The Morgan fingerprint density at radius 3 is 2.26 bits per heavy atom. The van der Waals surface area contributed by atoms with E-state index in [9.17, 15) is 19.5 Å². The van der Waals surface area contributed by atoms with Crippen LogP contribution < -0.4 is 15.4 Å². The minimum atomic E-state index is -0.490. The van der Waals surface area contributed by atoms with Crippen LogP contribution in [0.25, 0.3) is 0 Å². The second kappa shape index (κ2) is 19.1. The summed E-state index contributed by atoms with van der Waals surface area (Å²) in [5.41, 5.74) is 3.69. The molecule has 0 aliphatic heterocycles. The molecule has 4 unspecified atom stereocenters. The molecule has 2 aromatic carbocycles. The molecule has 2 aromatic rings. The Morgan fingerprint density at radius 1 is 0.800 bits per heavy atom. The third-order valence-electron chi connectivity index (χ3n) is 18.9. The van der Waals surface area contributed by atoms with Crippen LogP contribution in [0.5, 0.6) is 5.75 Å². The Kier molecular flexibility index (Phi) is 14.5. The summed E-state index contributed by atoms with van der Waals surface area (Å²) < 4.78 is 11.1. The maximum Gasteiger partial charge on any atom is 0.341 e. The van der Waals surface area contributed by atoms with Crippen molar-refractivity contribution in [2.24, 2.45) is 56.7 Å². The van der Waals surface area contributed by atoms with Crippen LogP contribution >= 0.6 is 0 Å². The van der Waals surface area contributed by atoms with Crippen molar-refractivity contribution in [3.8, 4) is 5.75 Å². The highest BCUT2D eigenvalue weighted by Gasteiger charge is 2.71. The quantitative estimate of drug-likeness (QED) is 0.0867. The van der Waals surface area contributed by atoms with E-state index in [2.05, 4.69) is 89.7 Å². The van der Waals surface area contributed by atoms with Gasteiger partial charge in [0.2, 0.25) is 5.91 Å². The Labute approximate surface area is 391 Å². The smallest absolute Gasteiger partial charge is 0.341 e. The molecule has 10 heteroatoms. The molecule has 5 saturated carbocycles. The van der Waals surface area contributed by atoms with Crippen molar-refractivity contribution in [3.63, 3.8) is 0 Å². The zero-order valence-electron chi connectivity index (χ0n) is 41.6. The number of allylic oxidation sites excluding steroid dienone is 1. The van der Waals surface area contributed by atoms with E-state index < -0.39 is 11.4 Å². The van der Waals surface area contributed by atoms with Gasteiger partial charge in [0.1, 0.15) is 11.3 Å². The molecule has 5 fully saturated rings. The van der Waals surface area contributed by atoms with E-state index in [4.69, 9.17) is 9.47 Å². The third-order valence-corrected chi connectivity index (χ3v) is 18.9. The Bertz CT molecular complexity index is 2080. The van der Waals surface area contributed by atoms with Gasteiger partial charge < -0.3 is 35.0 Å². The van der Waals surface area contributed by atoms with Crippen molar-refractivity contribution in [1.29, 1.82) is 0 Å². The van der Waals surface area contributed by atoms with Crippen LogP contribution in [0.1, 0.15) is 144 Å². The van der Waals surface area contributed by atoms with Gasteiger partial charge in [-0.15, -0.1) is 0 Å². The van der Waals surface area contributed by atoms with Crippen LogP contribution in [0.3, 0.4) is 0 Å². The molecule has 10 atom stereocenters. The lowest BCUT2D eigenvalue weighted by atomic mass is 9.32. The monoisotopic (exact) mass is 895 g/mol. The number of ether oxygens (including phenoxy) is 2. The highest BCUT2D eigenvalue weighted by Crippen LogP contribution is 2.77. The van der Waals surface area contributed by atoms with Crippen LogP contribution in [0.15, 0.2) is 54.6 Å². The maximum absolute atomic E-state index is 14.9. The van der Waals surface area contributed by atoms with E-state index >= 15 is 0 Å². The van der Waals surface area contributed by atoms with E-state index in [0.717, 1.165) is 82.1 Å². The predicted molar refractivity (Wildman–Crippen MR) is 258 cm³/mol. The number of rotatable bonds is 16. The van der Waals surface area contributed by atoms with Crippen LogP contribution in [0.2, 0.25) is 0 Å². The molecular formula is C55H82N4O6. The predicted octanol–water partition coefficient (Wildman–Crippen LogP) is 9.30. The summed E-state index contributed by atoms with van der Waals surface area (Å²) in [6.45, 7) is 23.1. The molecule has 0 spiro atoms. The minimum absolute atomic E-state index is 0.0740. The second-order valence-electron chi connectivity index (χ2n) is 22.9. The Morgan fingerprint density at radius 2 is 1.54 bits per heavy atom. The van der Waals surface area contributed by atoms with Gasteiger partial charge in [-0.25, -0.2) is 4.79 Å². The van der Waals surface area contributed by atoms with Crippen LogP contribution in [-0.4, -0.2) is 93.3 Å². The number of aliphatic hydroxyl groups is 1. The molecule has 3 N–H and O–H groups in total. The largest absolute Gasteiger partial charge is 0.493 e. The first kappa shape index (κ1) is 49.2. The summed E-state index contributed by atoms with van der Waals surface area (Å²) in [6, 6.07) is 12.9. The lowest BCUT2D eigenvalue weighted by Crippen LogP contribution is -2.67. The zero-order chi connectivity index (χ0) is 47.1. The zero-order valence-corrected chi connectivity index (χ0v) is 41.6. The molecule has 358 valence electrons. The molecule has 2 amide bonds. The van der Waals surface area contributed by atoms with E-state index in [1.54, 1.807) is 18.2 Å². The van der Waals surface area contributed by atoms with Crippen LogP contribution in [-0.2, 0) is 22.6 Å². The van der Waals surface area contributed by atoms with Crippen molar-refractivity contribution in [2.45, 2.75) is 131 Å². The van der Waals surface area contributed by atoms with Crippen LogP contribution in [0.4, 0.5) is 0 Å². The van der Waals surface area contributed by atoms with Gasteiger partial charge in [-0.2, -0.15) is 0 Å². The van der Waals surface area contributed by atoms with Crippen molar-refractivity contribution in [1.82, 2.24) is 20.4 Å². The number of hydrogen-bond donors (Lipinski definition) is 3. The summed E-state index contributed by atoms with van der Waals surface area (Å²) >= 11 is 0. The summed E-state index contributed by atoms with van der Waals surface area (Å²) in [4.78, 5) is 45.6. The number of benzene rings is 2. The maximum atomic E-state index is 14.9. The fourth-order valence-corrected chi connectivity index (χ4v) is 15.1. The molecule has 5 aliphatic carbocycles. The molecular weight excluding hydrogens is 813 g/mol. The van der Waals surface area contributed by atoms with Gasteiger partial charge in [0, 0.05) is 38.3 Å². The molecule has 0 bridgehead atoms. The lowest BCUT2D eigenvalue weighted by Gasteiger charge is -2.72. The first-order valence-electron chi connectivity index (χ1n) is 24.9. The number of likely N-dealkylation sites (N-methyl/N-ethyl adjacent to an activating group) is 2. The number of carbonyl (C=O) groups is 3. The number of carbonyl (C=O) groups excluding carboxylic acids is 3. The standard InChI is InChI=1S/C55H82N4O6/c1-36(2)40-20-25-55(27-26-53(6)42(47(40)55)17-19-45-52(5)23-22-46(60)51(3,4)44(52)21-24-54(45,53)7)50(63)57-35-37-14-12-15-39(32-37)48(61)56-34-38-16-18-43(41(33-38)49(62)64-11)65-31-13-28-59(10)30-29-58(8)9/h12,14-16,18,32-33,40,42,44-47,60H,1,13,17,19-31,34-35H2,2-11H3,(H,56,61)(H,57,63)/t40-,42?,44?,45?,46-,47?,52-,53+,54+,55-/m0/s1. The summed E-state index contributed by atoms with van der Waals surface area (Å²) in [5.74, 6) is 2.07. The first-order chi connectivity index (χ1) is 30.7. The van der Waals surface area contributed by atoms with E-state index in [1.807, 2.05) is 24.3 Å². The summed E-state index contributed by atoms with van der Waals surface area (Å²) in [7, 11) is 7.57. The average Bonchev–Trinajstić information content (AvgIpc) is 3.68. The molecule has 0 radical (unpaired) electrons. The fraction of sp³-hybridized carbons (Fsp3) is 0.691. The highest BCUT2D eigenvalue weighted by atomic mass is 16.5. The van der Waals surface area contributed by atoms with E-state index in [1.165, 1.54) is 31.9 Å². The molecule has 0 saturated heterocycles. The van der Waals surface area contributed by atoms with Crippen molar-refractivity contribution >= 4 is 17.8 Å². The number of amides is 2. The third kappa shape index (κ3) is 9.06.